The fraction of sp³-hybridized carbons (Fsp3) is 0.722. The number of carbonyl (C=O) groups is 1. The molecule has 0 aliphatic carbocycles. The van der Waals surface area contributed by atoms with Crippen molar-refractivity contribution in [1.29, 1.82) is 0 Å². The van der Waals surface area contributed by atoms with Gasteiger partial charge in [0.05, 0.1) is 12.1 Å². The molecule has 0 N–H and O–H groups in total. The van der Waals surface area contributed by atoms with E-state index in [1.807, 2.05) is 38.9 Å². The fourth-order valence-electron chi connectivity index (χ4n) is 4.04. The number of aryl methyl sites for hydroxylation is 1. The maximum Gasteiger partial charge on any atom is 0.227 e. The standard InChI is InChI=1S/C18H29N5O/c1-5-17(24)22-10-6-8-14(22)15-9-7-11-23(15)18-19-13(2)12-16(20-18)21(3)4/h12,14-15H,5-11H2,1-4H3. The van der Waals surface area contributed by atoms with Gasteiger partial charge in [0.25, 0.3) is 0 Å². The first-order chi connectivity index (χ1) is 11.5. The third kappa shape index (κ3) is 3.19. The Morgan fingerprint density at radius 2 is 1.92 bits per heavy atom. The molecule has 0 radical (unpaired) electrons. The molecule has 3 heterocycles. The Hall–Kier alpha value is -1.85. The Balaban J connectivity index is 1.87. The summed E-state index contributed by atoms with van der Waals surface area (Å²) in [5.41, 5.74) is 0.988. The van der Waals surface area contributed by atoms with Gasteiger partial charge in [0, 0.05) is 45.4 Å². The van der Waals surface area contributed by atoms with E-state index in [4.69, 9.17) is 9.97 Å². The molecule has 6 nitrogen and oxygen atoms in total. The molecular formula is C18H29N5O. The van der Waals surface area contributed by atoms with Gasteiger partial charge in [0.2, 0.25) is 11.9 Å². The van der Waals surface area contributed by atoms with E-state index in [-0.39, 0.29) is 5.91 Å². The summed E-state index contributed by atoms with van der Waals surface area (Å²) in [4.78, 5) is 28.2. The summed E-state index contributed by atoms with van der Waals surface area (Å²) < 4.78 is 0. The van der Waals surface area contributed by atoms with Crippen molar-refractivity contribution in [2.24, 2.45) is 0 Å². The fourth-order valence-corrected chi connectivity index (χ4v) is 4.04. The minimum absolute atomic E-state index is 0.281. The number of anilines is 2. The molecule has 0 saturated carbocycles. The van der Waals surface area contributed by atoms with Crippen molar-refractivity contribution in [2.75, 3.05) is 37.0 Å². The third-order valence-electron chi connectivity index (χ3n) is 5.21. The van der Waals surface area contributed by atoms with E-state index in [0.29, 0.717) is 18.5 Å². The molecule has 0 spiro atoms. The number of nitrogens with zero attached hydrogens (tertiary/aromatic N) is 5. The molecule has 2 unspecified atom stereocenters. The van der Waals surface area contributed by atoms with Gasteiger partial charge >= 0.3 is 0 Å². The van der Waals surface area contributed by atoms with E-state index in [0.717, 1.165) is 56.2 Å². The van der Waals surface area contributed by atoms with E-state index in [9.17, 15) is 4.79 Å². The lowest BCUT2D eigenvalue weighted by atomic mass is 10.0. The maximum absolute atomic E-state index is 12.3. The summed E-state index contributed by atoms with van der Waals surface area (Å²) in [5, 5.41) is 0. The summed E-state index contributed by atoms with van der Waals surface area (Å²) in [5.74, 6) is 2.04. The van der Waals surface area contributed by atoms with Crippen LogP contribution in [0.25, 0.3) is 0 Å². The summed E-state index contributed by atoms with van der Waals surface area (Å²) in [6.45, 7) is 5.86. The first-order valence-corrected chi connectivity index (χ1v) is 9.10. The van der Waals surface area contributed by atoms with Gasteiger partial charge in [-0.1, -0.05) is 6.92 Å². The second-order valence-corrected chi connectivity index (χ2v) is 7.12. The van der Waals surface area contributed by atoms with Crippen molar-refractivity contribution in [2.45, 2.75) is 58.0 Å². The largest absolute Gasteiger partial charge is 0.363 e. The van der Waals surface area contributed by atoms with Crippen LogP contribution >= 0.6 is 0 Å². The molecule has 0 bridgehead atoms. The van der Waals surface area contributed by atoms with Gasteiger partial charge < -0.3 is 14.7 Å². The molecule has 1 aromatic heterocycles. The Morgan fingerprint density at radius 3 is 2.62 bits per heavy atom. The van der Waals surface area contributed by atoms with Crippen molar-refractivity contribution in [3.63, 3.8) is 0 Å². The minimum atomic E-state index is 0.281. The average Bonchev–Trinajstić information content (AvgIpc) is 3.21. The molecule has 1 aromatic rings. The molecule has 2 aliphatic rings. The predicted octanol–water partition coefficient (Wildman–Crippen LogP) is 2.22. The van der Waals surface area contributed by atoms with Crippen molar-refractivity contribution in [3.05, 3.63) is 11.8 Å². The second kappa shape index (κ2) is 6.95. The zero-order valence-corrected chi connectivity index (χ0v) is 15.3. The Morgan fingerprint density at radius 1 is 1.21 bits per heavy atom. The van der Waals surface area contributed by atoms with Crippen LogP contribution in [0.15, 0.2) is 6.07 Å². The highest BCUT2D eigenvalue weighted by molar-refractivity contribution is 5.76. The zero-order chi connectivity index (χ0) is 17.3. The smallest absolute Gasteiger partial charge is 0.227 e. The van der Waals surface area contributed by atoms with E-state index >= 15 is 0 Å². The number of hydrogen-bond donors (Lipinski definition) is 0. The molecule has 1 amide bonds. The third-order valence-corrected chi connectivity index (χ3v) is 5.21. The Bertz CT molecular complexity index is 603. The number of aromatic nitrogens is 2. The normalized spacial score (nSPS) is 23.8. The molecule has 2 aliphatic heterocycles. The van der Waals surface area contributed by atoms with Gasteiger partial charge in [-0.15, -0.1) is 0 Å². The predicted molar refractivity (Wildman–Crippen MR) is 96.5 cm³/mol. The number of likely N-dealkylation sites (tertiary alicyclic amines) is 1. The minimum Gasteiger partial charge on any atom is -0.363 e. The van der Waals surface area contributed by atoms with Gasteiger partial charge in [-0.3, -0.25) is 4.79 Å². The van der Waals surface area contributed by atoms with Crippen LogP contribution in [0.3, 0.4) is 0 Å². The lowest BCUT2D eigenvalue weighted by Gasteiger charge is -2.35. The van der Waals surface area contributed by atoms with Crippen LogP contribution < -0.4 is 9.80 Å². The number of amides is 1. The average molecular weight is 331 g/mol. The molecule has 2 saturated heterocycles. The van der Waals surface area contributed by atoms with Crippen LogP contribution in [0.5, 0.6) is 0 Å². The van der Waals surface area contributed by atoms with Gasteiger partial charge in [-0.2, -0.15) is 4.98 Å². The van der Waals surface area contributed by atoms with Crippen LogP contribution in [0.1, 0.15) is 44.7 Å². The van der Waals surface area contributed by atoms with E-state index in [1.54, 1.807) is 0 Å². The van der Waals surface area contributed by atoms with Crippen LogP contribution in [0.2, 0.25) is 0 Å². The molecule has 2 atom stereocenters. The molecule has 3 rings (SSSR count). The Labute approximate surface area is 144 Å². The van der Waals surface area contributed by atoms with Crippen molar-refractivity contribution < 1.29 is 4.79 Å². The summed E-state index contributed by atoms with van der Waals surface area (Å²) in [6.07, 6.45) is 5.06. The van der Waals surface area contributed by atoms with Gasteiger partial charge in [-0.25, -0.2) is 4.98 Å². The van der Waals surface area contributed by atoms with Crippen LogP contribution in [0, 0.1) is 6.92 Å². The van der Waals surface area contributed by atoms with Crippen molar-refractivity contribution >= 4 is 17.7 Å². The van der Waals surface area contributed by atoms with Gasteiger partial charge in [0.1, 0.15) is 5.82 Å². The Kier molecular flexibility index (Phi) is 4.92. The highest BCUT2D eigenvalue weighted by Crippen LogP contribution is 2.33. The van der Waals surface area contributed by atoms with E-state index in [1.165, 1.54) is 0 Å². The summed E-state index contributed by atoms with van der Waals surface area (Å²) in [6, 6.07) is 2.67. The van der Waals surface area contributed by atoms with Crippen LogP contribution in [-0.4, -0.2) is 60.0 Å². The first kappa shape index (κ1) is 17.0. The molecule has 2 fully saturated rings. The topological polar surface area (TPSA) is 52.6 Å². The zero-order valence-electron chi connectivity index (χ0n) is 15.3. The summed E-state index contributed by atoms with van der Waals surface area (Å²) >= 11 is 0. The highest BCUT2D eigenvalue weighted by Gasteiger charge is 2.40. The lowest BCUT2D eigenvalue weighted by molar-refractivity contribution is -0.132. The maximum atomic E-state index is 12.3. The first-order valence-electron chi connectivity index (χ1n) is 9.10. The molecule has 0 aromatic carbocycles. The highest BCUT2D eigenvalue weighted by atomic mass is 16.2. The molecule has 132 valence electrons. The second-order valence-electron chi connectivity index (χ2n) is 7.12. The number of carbonyl (C=O) groups excluding carboxylic acids is 1. The molecular weight excluding hydrogens is 302 g/mol. The van der Waals surface area contributed by atoms with Gasteiger partial charge in [-0.05, 0) is 32.6 Å². The van der Waals surface area contributed by atoms with Crippen molar-refractivity contribution in [1.82, 2.24) is 14.9 Å². The SMILES string of the molecule is CCC(=O)N1CCCC1C1CCCN1c1nc(C)cc(N(C)C)n1. The number of hydrogen-bond acceptors (Lipinski definition) is 5. The van der Waals surface area contributed by atoms with E-state index in [2.05, 4.69) is 9.80 Å². The number of rotatable bonds is 4. The van der Waals surface area contributed by atoms with Crippen LogP contribution in [0.4, 0.5) is 11.8 Å². The van der Waals surface area contributed by atoms with Crippen LogP contribution in [-0.2, 0) is 4.79 Å². The van der Waals surface area contributed by atoms with Crippen molar-refractivity contribution in [3.8, 4) is 0 Å². The molecule has 24 heavy (non-hydrogen) atoms. The van der Waals surface area contributed by atoms with E-state index < -0.39 is 0 Å². The van der Waals surface area contributed by atoms with Gasteiger partial charge in [0.15, 0.2) is 0 Å². The molecule has 6 heteroatoms. The lowest BCUT2D eigenvalue weighted by Crippen LogP contribution is -2.48. The monoisotopic (exact) mass is 331 g/mol. The summed E-state index contributed by atoms with van der Waals surface area (Å²) in [7, 11) is 4.01. The quantitative estimate of drug-likeness (QED) is 0.847.